The van der Waals surface area contributed by atoms with E-state index in [0.717, 1.165) is 37.8 Å². The van der Waals surface area contributed by atoms with Crippen molar-refractivity contribution in [3.05, 3.63) is 29.3 Å². The highest BCUT2D eigenvalue weighted by molar-refractivity contribution is 5.70. The quantitative estimate of drug-likeness (QED) is 0.657. The molecule has 0 saturated heterocycles. The summed E-state index contributed by atoms with van der Waals surface area (Å²) in [6.45, 7) is 0. The minimum absolute atomic E-state index is 0.0187. The Bertz CT molecular complexity index is 466. The van der Waals surface area contributed by atoms with E-state index in [1.807, 2.05) is 12.1 Å². The molecule has 0 spiro atoms. The standard InChI is InChI=1S/C15H19NO2/c16-13-4-3-11-2-1-10(7-12(11)9-13)8-15(17)18-14-5-6-14/h3-4,9-10,14H,1-2,5-8,16H2. The highest BCUT2D eigenvalue weighted by atomic mass is 16.5. The normalized spacial score (nSPS) is 22.3. The van der Waals surface area contributed by atoms with E-state index in [-0.39, 0.29) is 12.1 Å². The van der Waals surface area contributed by atoms with Crippen LogP contribution in [0.5, 0.6) is 0 Å². The number of hydrogen-bond acceptors (Lipinski definition) is 3. The van der Waals surface area contributed by atoms with E-state index in [4.69, 9.17) is 10.5 Å². The van der Waals surface area contributed by atoms with Crippen molar-refractivity contribution in [1.82, 2.24) is 0 Å². The number of hydrogen-bond donors (Lipinski definition) is 1. The zero-order valence-corrected chi connectivity index (χ0v) is 10.5. The zero-order valence-electron chi connectivity index (χ0n) is 10.5. The van der Waals surface area contributed by atoms with Gasteiger partial charge in [0.15, 0.2) is 0 Å². The molecule has 2 aliphatic carbocycles. The van der Waals surface area contributed by atoms with Gasteiger partial charge in [0.2, 0.25) is 0 Å². The van der Waals surface area contributed by atoms with Crippen molar-refractivity contribution < 1.29 is 9.53 Å². The van der Waals surface area contributed by atoms with E-state index >= 15 is 0 Å². The van der Waals surface area contributed by atoms with Crippen LogP contribution in [0, 0.1) is 5.92 Å². The van der Waals surface area contributed by atoms with Gasteiger partial charge in [0.1, 0.15) is 6.10 Å². The molecule has 18 heavy (non-hydrogen) atoms. The first-order valence-corrected chi connectivity index (χ1v) is 6.77. The molecule has 96 valence electrons. The number of aryl methyl sites for hydroxylation is 1. The first-order valence-electron chi connectivity index (χ1n) is 6.77. The van der Waals surface area contributed by atoms with Gasteiger partial charge in [0, 0.05) is 12.1 Å². The lowest BCUT2D eigenvalue weighted by atomic mass is 9.82. The van der Waals surface area contributed by atoms with Gasteiger partial charge in [-0.25, -0.2) is 0 Å². The minimum atomic E-state index is -0.0187. The number of carbonyl (C=O) groups is 1. The minimum Gasteiger partial charge on any atom is -0.462 e. The fraction of sp³-hybridized carbons (Fsp3) is 0.533. The van der Waals surface area contributed by atoms with Gasteiger partial charge in [0.25, 0.3) is 0 Å². The molecule has 1 fully saturated rings. The van der Waals surface area contributed by atoms with Crippen molar-refractivity contribution in [3.63, 3.8) is 0 Å². The molecule has 3 rings (SSSR count). The Balaban J connectivity index is 1.61. The third kappa shape index (κ3) is 2.66. The summed E-state index contributed by atoms with van der Waals surface area (Å²) in [5.41, 5.74) is 9.32. The number of nitrogen functional groups attached to an aromatic ring is 1. The van der Waals surface area contributed by atoms with Gasteiger partial charge in [0.05, 0.1) is 0 Å². The largest absolute Gasteiger partial charge is 0.462 e. The Morgan fingerprint density at radius 2 is 2.11 bits per heavy atom. The molecule has 1 aromatic carbocycles. The third-order valence-electron chi connectivity index (χ3n) is 3.84. The van der Waals surface area contributed by atoms with Gasteiger partial charge in [-0.3, -0.25) is 4.79 Å². The van der Waals surface area contributed by atoms with E-state index in [0.29, 0.717) is 12.3 Å². The van der Waals surface area contributed by atoms with Crippen molar-refractivity contribution >= 4 is 11.7 Å². The second-order valence-corrected chi connectivity index (χ2v) is 5.53. The van der Waals surface area contributed by atoms with Gasteiger partial charge < -0.3 is 10.5 Å². The summed E-state index contributed by atoms with van der Waals surface area (Å²) in [6.07, 6.45) is 5.98. The molecule has 1 unspecified atom stereocenters. The monoisotopic (exact) mass is 245 g/mol. The fourth-order valence-electron chi connectivity index (χ4n) is 2.68. The average Bonchev–Trinajstić information content (AvgIpc) is 3.12. The van der Waals surface area contributed by atoms with Gasteiger partial charge >= 0.3 is 5.97 Å². The molecular formula is C15H19NO2. The number of carbonyl (C=O) groups excluding carboxylic acids is 1. The summed E-state index contributed by atoms with van der Waals surface area (Å²) in [6, 6.07) is 6.12. The molecule has 3 nitrogen and oxygen atoms in total. The zero-order chi connectivity index (χ0) is 12.5. The highest BCUT2D eigenvalue weighted by Crippen LogP contribution is 2.30. The topological polar surface area (TPSA) is 52.3 Å². The summed E-state index contributed by atoms with van der Waals surface area (Å²) in [5.74, 6) is 0.403. The molecule has 0 amide bonds. The van der Waals surface area contributed by atoms with Crippen LogP contribution >= 0.6 is 0 Å². The maximum Gasteiger partial charge on any atom is 0.306 e. The van der Waals surface area contributed by atoms with E-state index in [2.05, 4.69) is 6.07 Å². The summed E-state index contributed by atoms with van der Waals surface area (Å²) < 4.78 is 5.31. The molecule has 1 saturated carbocycles. The fourth-order valence-corrected chi connectivity index (χ4v) is 2.68. The Morgan fingerprint density at radius 3 is 2.89 bits per heavy atom. The lowest BCUT2D eigenvalue weighted by molar-refractivity contribution is -0.146. The van der Waals surface area contributed by atoms with Crippen LogP contribution < -0.4 is 5.73 Å². The molecule has 0 bridgehead atoms. The third-order valence-corrected chi connectivity index (χ3v) is 3.84. The smallest absolute Gasteiger partial charge is 0.306 e. The van der Waals surface area contributed by atoms with Crippen LogP contribution in [0.3, 0.4) is 0 Å². The molecule has 0 radical (unpaired) electrons. The summed E-state index contributed by atoms with van der Waals surface area (Å²) in [5, 5.41) is 0. The van der Waals surface area contributed by atoms with Crippen molar-refractivity contribution in [3.8, 4) is 0 Å². The van der Waals surface area contributed by atoms with Crippen LogP contribution in [0.25, 0.3) is 0 Å². The number of nitrogens with two attached hydrogens (primary N) is 1. The summed E-state index contributed by atoms with van der Waals surface area (Å²) in [4.78, 5) is 11.7. The number of ether oxygens (including phenoxy) is 1. The highest BCUT2D eigenvalue weighted by Gasteiger charge is 2.28. The van der Waals surface area contributed by atoms with Crippen molar-refractivity contribution in [1.29, 1.82) is 0 Å². The molecule has 0 heterocycles. The molecule has 1 aromatic rings. The Morgan fingerprint density at radius 1 is 1.28 bits per heavy atom. The first-order chi connectivity index (χ1) is 8.70. The molecule has 0 aliphatic heterocycles. The van der Waals surface area contributed by atoms with Gasteiger partial charge in [-0.2, -0.15) is 0 Å². The predicted octanol–water partition coefficient (Wildman–Crippen LogP) is 2.47. The maximum atomic E-state index is 11.7. The van der Waals surface area contributed by atoms with Crippen LogP contribution in [0.15, 0.2) is 18.2 Å². The molecule has 3 heteroatoms. The number of fused-ring (bicyclic) bond motifs is 1. The van der Waals surface area contributed by atoms with Gasteiger partial charge in [-0.15, -0.1) is 0 Å². The summed E-state index contributed by atoms with van der Waals surface area (Å²) in [7, 11) is 0. The number of anilines is 1. The van der Waals surface area contributed by atoms with Gasteiger partial charge in [-0.1, -0.05) is 6.07 Å². The molecule has 2 N–H and O–H groups in total. The molecular weight excluding hydrogens is 226 g/mol. The van der Waals surface area contributed by atoms with Crippen LogP contribution in [-0.2, 0) is 22.4 Å². The lowest BCUT2D eigenvalue weighted by Crippen LogP contribution is -2.19. The SMILES string of the molecule is Nc1ccc2c(c1)CC(CC(=O)OC1CC1)CC2. The van der Waals surface area contributed by atoms with Crippen LogP contribution in [0.2, 0.25) is 0 Å². The maximum absolute atomic E-state index is 11.7. The van der Waals surface area contributed by atoms with E-state index < -0.39 is 0 Å². The lowest BCUT2D eigenvalue weighted by Gasteiger charge is -2.24. The Kier molecular flexibility index (Phi) is 2.98. The average molecular weight is 245 g/mol. The van der Waals surface area contributed by atoms with Crippen molar-refractivity contribution in [2.24, 2.45) is 5.92 Å². The number of rotatable bonds is 3. The van der Waals surface area contributed by atoms with Crippen LogP contribution in [0.1, 0.15) is 36.8 Å². The van der Waals surface area contributed by atoms with Crippen LogP contribution in [-0.4, -0.2) is 12.1 Å². The number of benzene rings is 1. The van der Waals surface area contributed by atoms with Gasteiger partial charge in [-0.05, 0) is 61.3 Å². The van der Waals surface area contributed by atoms with Crippen molar-refractivity contribution in [2.75, 3.05) is 5.73 Å². The Labute approximate surface area is 107 Å². The van der Waals surface area contributed by atoms with E-state index in [9.17, 15) is 4.79 Å². The van der Waals surface area contributed by atoms with Crippen molar-refractivity contribution in [2.45, 2.75) is 44.6 Å². The van der Waals surface area contributed by atoms with E-state index in [1.165, 1.54) is 11.1 Å². The number of esters is 1. The van der Waals surface area contributed by atoms with Crippen LogP contribution in [0.4, 0.5) is 5.69 Å². The first kappa shape index (κ1) is 11.6. The van der Waals surface area contributed by atoms with E-state index in [1.54, 1.807) is 0 Å². The second-order valence-electron chi connectivity index (χ2n) is 5.53. The molecule has 2 aliphatic rings. The summed E-state index contributed by atoms with van der Waals surface area (Å²) >= 11 is 0. The molecule has 1 atom stereocenters. The predicted molar refractivity (Wildman–Crippen MR) is 70.1 cm³/mol. The Hall–Kier alpha value is -1.51. The molecule has 0 aromatic heterocycles. The second kappa shape index (κ2) is 4.63.